The topological polar surface area (TPSA) is 50.9 Å². The van der Waals surface area contributed by atoms with Gasteiger partial charge in [-0.05, 0) is 36.0 Å². The standard InChI is InChI=1S/C16H22ClN3O.C6H12/c1-15(2,3)16(21,10-20-12-18-11-19-20)9-8-13-4-6-14(17)7-5-13;1-2-4-6-5-3-1/h4-7,11-12,21H,8-10H2,1-3H3;1-6H2. The van der Waals surface area contributed by atoms with Gasteiger partial charge in [-0.3, -0.25) is 4.68 Å². The number of nitrogens with zero attached hydrogens (tertiary/aromatic N) is 3. The molecule has 0 bridgehead atoms. The fraction of sp³-hybridized carbons (Fsp3) is 0.636. The van der Waals surface area contributed by atoms with E-state index in [0.29, 0.717) is 13.0 Å². The molecule has 3 rings (SSSR count). The minimum absolute atomic E-state index is 0.259. The van der Waals surface area contributed by atoms with Gasteiger partial charge in [0.05, 0.1) is 12.1 Å². The van der Waals surface area contributed by atoms with Crippen molar-refractivity contribution in [2.24, 2.45) is 5.41 Å². The second kappa shape index (κ2) is 10.2. The summed E-state index contributed by atoms with van der Waals surface area (Å²) in [6.07, 6.45) is 13.6. The van der Waals surface area contributed by atoms with Crippen molar-refractivity contribution < 1.29 is 5.11 Å². The van der Waals surface area contributed by atoms with Crippen molar-refractivity contribution >= 4 is 11.6 Å². The molecule has 5 heteroatoms. The molecule has 1 N–H and O–H groups in total. The Balaban J connectivity index is 0.000000369. The molecule has 1 aliphatic rings. The van der Waals surface area contributed by atoms with Crippen LogP contribution in [-0.2, 0) is 13.0 Å². The smallest absolute Gasteiger partial charge is 0.137 e. The Labute approximate surface area is 169 Å². The van der Waals surface area contributed by atoms with Crippen LogP contribution in [0.4, 0.5) is 0 Å². The predicted octanol–water partition coefficient (Wildman–Crippen LogP) is 5.68. The van der Waals surface area contributed by atoms with E-state index in [9.17, 15) is 5.11 Å². The quantitative estimate of drug-likeness (QED) is 0.712. The highest BCUT2D eigenvalue weighted by Crippen LogP contribution is 2.35. The van der Waals surface area contributed by atoms with Crippen LogP contribution >= 0.6 is 11.6 Å². The highest BCUT2D eigenvalue weighted by atomic mass is 35.5. The summed E-state index contributed by atoms with van der Waals surface area (Å²) >= 11 is 5.90. The summed E-state index contributed by atoms with van der Waals surface area (Å²) in [6.45, 7) is 6.58. The second-order valence-corrected chi connectivity index (χ2v) is 9.06. The number of benzene rings is 1. The van der Waals surface area contributed by atoms with Gasteiger partial charge in [-0.15, -0.1) is 0 Å². The molecular weight excluding hydrogens is 358 g/mol. The number of hydrogen-bond donors (Lipinski definition) is 1. The molecule has 1 aromatic carbocycles. The lowest BCUT2D eigenvalue weighted by molar-refractivity contribution is -0.0796. The first kappa shape index (κ1) is 21.9. The van der Waals surface area contributed by atoms with Gasteiger partial charge in [0.15, 0.2) is 0 Å². The molecule has 1 atom stereocenters. The van der Waals surface area contributed by atoms with Crippen LogP contribution in [0.5, 0.6) is 0 Å². The second-order valence-electron chi connectivity index (χ2n) is 8.62. The zero-order valence-corrected chi connectivity index (χ0v) is 17.8. The van der Waals surface area contributed by atoms with E-state index in [1.165, 1.54) is 50.4 Å². The van der Waals surface area contributed by atoms with E-state index in [1.807, 2.05) is 45.0 Å². The maximum absolute atomic E-state index is 11.1. The van der Waals surface area contributed by atoms with E-state index in [2.05, 4.69) is 10.1 Å². The van der Waals surface area contributed by atoms with Crippen molar-refractivity contribution in [3.63, 3.8) is 0 Å². The van der Waals surface area contributed by atoms with Crippen molar-refractivity contribution in [2.45, 2.75) is 84.3 Å². The molecule has 1 unspecified atom stereocenters. The van der Waals surface area contributed by atoms with Gasteiger partial charge in [0.1, 0.15) is 12.7 Å². The number of halogens is 1. The Kier molecular flexibility index (Phi) is 8.30. The lowest BCUT2D eigenvalue weighted by Gasteiger charge is -2.40. The minimum Gasteiger partial charge on any atom is -0.387 e. The van der Waals surface area contributed by atoms with Crippen LogP contribution in [0.1, 0.15) is 71.3 Å². The Morgan fingerprint density at radius 2 is 1.56 bits per heavy atom. The summed E-state index contributed by atoms with van der Waals surface area (Å²) in [4.78, 5) is 3.94. The molecule has 150 valence electrons. The van der Waals surface area contributed by atoms with Crippen LogP contribution in [0, 0.1) is 5.41 Å². The third-order valence-electron chi connectivity index (χ3n) is 5.53. The molecule has 1 aliphatic carbocycles. The normalized spacial score (nSPS) is 16.9. The third-order valence-corrected chi connectivity index (χ3v) is 5.78. The largest absolute Gasteiger partial charge is 0.387 e. The Morgan fingerprint density at radius 3 is 2.00 bits per heavy atom. The molecule has 4 nitrogen and oxygen atoms in total. The molecule has 0 saturated heterocycles. The fourth-order valence-corrected chi connectivity index (χ4v) is 3.46. The average molecular weight is 392 g/mol. The first-order chi connectivity index (χ1) is 12.8. The van der Waals surface area contributed by atoms with E-state index >= 15 is 0 Å². The van der Waals surface area contributed by atoms with Crippen LogP contribution < -0.4 is 0 Å². The zero-order valence-electron chi connectivity index (χ0n) is 17.0. The van der Waals surface area contributed by atoms with E-state index in [4.69, 9.17) is 11.6 Å². The zero-order chi connectivity index (χ0) is 19.8. The molecule has 0 aliphatic heterocycles. The molecule has 0 radical (unpaired) electrons. The summed E-state index contributed by atoms with van der Waals surface area (Å²) in [5.74, 6) is 0. The van der Waals surface area contributed by atoms with Crippen molar-refractivity contribution in [1.82, 2.24) is 14.8 Å². The summed E-state index contributed by atoms with van der Waals surface area (Å²) in [7, 11) is 0. The number of aromatic nitrogens is 3. The van der Waals surface area contributed by atoms with Crippen LogP contribution in [-0.4, -0.2) is 25.5 Å². The summed E-state index contributed by atoms with van der Waals surface area (Å²) in [5, 5.41) is 16.0. The summed E-state index contributed by atoms with van der Waals surface area (Å²) in [5.41, 5.74) is 0.0479. The van der Waals surface area contributed by atoms with E-state index in [1.54, 1.807) is 11.0 Å². The lowest BCUT2D eigenvalue weighted by atomic mass is 9.73. The Bertz CT molecular complexity index is 634. The molecule has 1 aromatic heterocycles. The molecule has 1 saturated carbocycles. The van der Waals surface area contributed by atoms with Gasteiger partial charge in [-0.2, -0.15) is 5.10 Å². The first-order valence-corrected chi connectivity index (χ1v) is 10.5. The van der Waals surface area contributed by atoms with Crippen molar-refractivity contribution in [3.8, 4) is 0 Å². The van der Waals surface area contributed by atoms with Crippen molar-refractivity contribution in [1.29, 1.82) is 0 Å². The summed E-state index contributed by atoms with van der Waals surface area (Å²) in [6, 6.07) is 7.76. The van der Waals surface area contributed by atoms with Gasteiger partial charge >= 0.3 is 0 Å². The maximum Gasteiger partial charge on any atom is 0.137 e. The van der Waals surface area contributed by atoms with Crippen LogP contribution in [0.25, 0.3) is 0 Å². The van der Waals surface area contributed by atoms with Gasteiger partial charge in [-0.25, -0.2) is 4.98 Å². The van der Waals surface area contributed by atoms with Gasteiger partial charge in [0.2, 0.25) is 0 Å². The highest BCUT2D eigenvalue weighted by Gasteiger charge is 2.40. The molecule has 1 fully saturated rings. The number of rotatable bonds is 5. The van der Waals surface area contributed by atoms with E-state index in [-0.39, 0.29) is 5.41 Å². The number of aliphatic hydroxyl groups is 1. The lowest BCUT2D eigenvalue weighted by Crippen LogP contribution is -2.47. The molecule has 1 heterocycles. The van der Waals surface area contributed by atoms with Gasteiger partial charge in [0.25, 0.3) is 0 Å². The monoisotopic (exact) mass is 391 g/mol. The van der Waals surface area contributed by atoms with E-state index in [0.717, 1.165) is 11.4 Å². The number of aryl methyl sites for hydroxylation is 1. The van der Waals surface area contributed by atoms with Crippen LogP contribution in [0.3, 0.4) is 0 Å². The van der Waals surface area contributed by atoms with Gasteiger partial charge in [0, 0.05) is 5.02 Å². The molecule has 0 spiro atoms. The predicted molar refractivity (Wildman–Crippen MR) is 112 cm³/mol. The van der Waals surface area contributed by atoms with Crippen LogP contribution in [0.15, 0.2) is 36.9 Å². The van der Waals surface area contributed by atoms with Gasteiger partial charge in [-0.1, -0.05) is 83.0 Å². The first-order valence-electron chi connectivity index (χ1n) is 10.1. The van der Waals surface area contributed by atoms with Crippen molar-refractivity contribution in [3.05, 3.63) is 47.5 Å². The minimum atomic E-state index is -0.861. The SMILES string of the molecule is C1CCCCC1.CC(C)(C)C(O)(CCc1ccc(Cl)cc1)Cn1cncn1. The third kappa shape index (κ3) is 7.27. The summed E-state index contributed by atoms with van der Waals surface area (Å²) < 4.78 is 1.69. The van der Waals surface area contributed by atoms with E-state index < -0.39 is 5.60 Å². The maximum atomic E-state index is 11.1. The average Bonchev–Trinajstić information content (AvgIpc) is 3.15. The molecule has 2 aromatic rings. The Morgan fingerprint density at radius 1 is 1.00 bits per heavy atom. The highest BCUT2D eigenvalue weighted by molar-refractivity contribution is 6.30. The molecular formula is C22H34ClN3O. The van der Waals surface area contributed by atoms with Crippen LogP contribution in [0.2, 0.25) is 5.02 Å². The molecule has 27 heavy (non-hydrogen) atoms. The number of hydrogen-bond acceptors (Lipinski definition) is 3. The van der Waals surface area contributed by atoms with Gasteiger partial charge < -0.3 is 5.11 Å². The van der Waals surface area contributed by atoms with Crippen molar-refractivity contribution in [2.75, 3.05) is 0 Å². The fourth-order valence-electron chi connectivity index (χ4n) is 3.34. The molecule has 0 amide bonds. The Hall–Kier alpha value is -1.39.